The number of imidazole rings is 1. The Kier molecular flexibility index (Phi) is 4.61. The van der Waals surface area contributed by atoms with Crippen LogP contribution in [0.1, 0.15) is 36.7 Å². The summed E-state index contributed by atoms with van der Waals surface area (Å²) in [5, 5.41) is 3.20. The van der Waals surface area contributed by atoms with E-state index in [0.29, 0.717) is 12.4 Å². The molecule has 3 aromatic heterocycles. The molecule has 0 aliphatic carbocycles. The van der Waals surface area contributed by atoms with Crippen LogP contribution in [0.2, 0.25) is 0 Å². The second-order valence-corrected chi connectivity index (χ2v) is 7.47. The highest BCUT2D eigenvalue weighted by Crippen LogP contribution is 2.32. The van der Waals surface area contributed by atoms with Gasteiger partial charge in [-0.1, -0.05) is 37.6 Å². The number of unbranched alkanes of at least 4 members (excludes halogenated alkanes) is 1. The van der Waals surface area contributed by atoms with E-state index in [4.69, 9.17) is 16.5 Å². The molecule has 0 saturated heterocycles. The average molecular weight is 366 g/mol. The van der Waals surface area contributed by atoms with Gasteiger partial charge in [-0.3, -0.25) is 0 Å². The number of nitrogen functional groups attached to an aromatic ring is 1. The molecule has 0 atom stereocenters. The number of anilines is 1. The SMILES string of the molecule is CCCCc1nc2c(N)nc3sccc3c2n1Cc1ccc(CN)cc1. The Hall–Kier alpha value is -2.44. The van der Waals surface area contributed by atoms with Crippen LogP contribution >= 0.6 is 11.3 Å². The maximum Gasteiger partial charge on any atom is 0.153 e. The number of benzene rings is 1. The van der Waals surface area contributed by atoms with E-state index in [-0.39, 0.29) is 0 Å². The molecule has 0 aliphatic heterocycles. The number of hydrogen-bond acceptors (Lipinski definition) is 5. The summed E-state index contributed by atoms with van der Waals surface area (Å²) in [6, 6.07) is 10.6. The molecule has 0 unspecified atom stereocenters. The van der Waals surface area contributed by atoms with Gasteiger partial charge in [0, 0.05) is 24.9 Å². The Balaban J connectivity index is 1.88. The topological polar surface area (TPSA) is 82.8 Å². The van der Waals surface area contributed by atoms with E-state index in [2.05, 4.69) is 52.2 Å². The van der Waals surface area contributed by atoms with Crippen LogP contribution in [0.4, 0.5) is 5.82 Å². The molecular weight excluding hydrogens is 342 g/mol. The van der Waals surface area contributed by atoms with Gasteiger partial charge in [0.2, 0.25) is 0 Å². The smallest absolute Gasteiger partial charge is 0.153 e. The third kappa shape index (κ3) is 2.95. The van der Waals surface area contributed by atoms with Gasteiger partial charge in [-0.15, -0.1) is 11.3 Å². The van der Waals surface area contributed by atoms with Crippen molar-refractivity contribution in [1.29, 1.82) is 0 Å². The van der Waals surface area contributed by atoms with Crippen molar-refractivity contribution >= 4 is 38.4 Å². The zero-order valence-corrected chi connectivity index (χ0v) is 15.7. The molecule has 0 aliphatic rings. The number of nitrogens with two attached hydrogens (primary N) is 2. The van der Waals surface area contributed by atoms with Crippen LogP contribution < -0.4 is 11.5 Å². The zero-order valence-electron chi connectivity index (χ0n) is 14.9. The van der Waals surface area contributed by atoms with Crippen molar-refractivity contribution < 1.29 is 0 Å². The molecule has 0 fully saturated rings. The number of rotatable bonds is 6. The fraction of sp³-hybridized carbons (Fsp3) is 0.300. The largest absolute Gasteiger partial charge is 0.382 e. The van der Waals surface area contributed by atoms with Gasteiger partial charge in [0.1, 0.15) is 16.2 Å². The molecule has 0 amide bonds. The Morgan fingerprint density at radius 2 is 1.85 bits per heavy atom. The van der Waals surface area contributed by atoms with Gasteiger partial charge in [-0.25, -0.2) is 9.97 Å². The molecule has 0 spiro atoms. The molecule has 6 heteroatoms. The predicted octanol–water partition coefficient (Wildman–Crippen LogP) is 4.08. The van der Waals surface area contributed by atoms with E-state index < -0.39 is 0 Å². The summed E-state index contributed by atoms with van der Waals surface area (Å²) in [4.78, 5) is 10.4. The lowest BCUT2D eigenvalue weighted by Crippen LogP contribution is -2.06. The quantitative estimate of drug-likeness (QED) is 0.539. The molecule has 4 rings (SSSR count). The average Bonchev–Trinajstić information content (AvgIpc) is 3.25. The van der Waals surface area contributed by atoms with Crippen molar-refractivity contribution in [1.82, 2.24) is 14.5 Å². The van der Waals surface area contributed by atoms with Gasteiger partial charge >= 0.3 is 0 Å². The summed E-state index contributed by atoms with van der Waals surface area (Å²) in [7, 11) is 0. The van der Waals surface area contributed by atoms with Crippen LogP contribution in [-0.2, 0) is 19.5 Å². The van der Waals surface area contributed by atoms with Gasteiger partial charge in [-0.2, -0.15) is 0 Å². The lowest BCUT2D eigenvalue weighted by atomic mass is 10.1. The van der Waals surface area contributed by atoms with Gasteiger partial charge in [-0.05, 0) is 29.0 Å². The first-order valence-electron chi connectivity index (χ1n) is 9.01. The first-order chi connectivity index (χ1) is 12.7. The van der Waals surface area contributed by atoms with Crippen molar-refractivity contribution in [2.75, 3.05) is 5.73 Å². The second-order valence-electron chi connectivity index (χ2n) is 6.57. The Morgan fingerprint density at radius 1 is 1.08 bits per heavy atom. The highest BCUT2D eigenvalue weighted by Gasteiger charge is 2.18. The van der Waals surface area contributed by atoms with Gasteiger partial charge in [0.25, 0.3) is 0 Å². The summed E-state index contributed by atoms with van der Waals surface area (Å²) < 4.78 is 2.32. The predicted molar refractivity (Wildman–Crippen MR) is 109 cm³/mol. The second kappa shape index (κ2) is 7.05. The summed E-state index contributed by atoms with van der Waals surface area (Å²) in [5.74, 6) is 1.60. The Bertz CT molecular complexity index is 1050. The number of aryl methyl sites for hydroxylation is 1. The molecular formula is C20H23N5S. The van der Waals surface area contributed by atoms with Crippen molar-refractivity contribution in [3.05, 3.63) is 52.7 Å². The molecule has 1 aromatic carbocycles. The highest BCUT2D eigenvalue weighted by molar-refractivity contribution is 7.16. The number of nitrogens with zero attached hydrogens (tertiary/aromatic N) is 3. The van der Waals surface area contributed by atoms with Gasteiger partial charge in [0.05, 0.1) is 5.52 Å². The fourth-order valence-electron chi connectivity index (χ4n) is 3.34. The van der Waals surface area contributed by atoms with E-state index in [9.17, 15) is 0 Å². The van der Waals surface area contributed by atoms with Crippen LogP contribution in [0.25, 0.3) is 21.3 Å². The van der Waals surface area contributed by atoms with E-state index >= 15 is 0 Å². The van der Waals surface area contributed by atoms with Crippen molar-refractivity contribution in [2.45, 2.75) is 39.3 Å². The minimum atomic E-state index is 0.518. The Labute approximate surface area is 156 Å². The maximum atomic E-state index is 6.23. The zero-order chi connectivity index (χ0) is 18.1. The summed E-state index contributed by atoms with van der Waals surface area (Å²) in [6.07, 6.45) is 3.18. The Morgan fingerprint density at radius 3 is 2.58 bits per heavy atom. The standard InChI is InChI=1S/C20H23N5S/c1-2-3-4-16-23-17-18(15-9-10-26-20(15)24-19(17)22)25(16)12-14-7-5-13(11-21)6-8-14/h5-10H,2-4,11-12,21H2,1H3,(H2,22,24). The lowest BCUT2D eigenvalue weighted by Gasteiger charge is -2.11. The van der Waals surface area contributed by atoms with Crippen molar-refractivity contribution in [2.24, 2.45) is 5.73 Å². The van der Waals surface area contributed by atoms with E-state index in [1.165, 1.54) is 5.56 Å². The molecule has 0 radical (unpaired) electrons. The van der Waals surface area contributed by atoms with Crippen LogP contribution in [0.5, 0.6) is 0 Å². The lowest BCUT2D eigenvalue weighted by molar-refractivity contribution is 0.690. The minimum absolute atomic E-state index is 0.518. The molecule has 4 N–H and O–H groups in total. The highest BCUT2D eigenvalue weighted by atomic mass is 32.1. The maximum absolute atomic E-state index is 6.23. The van der Waals surface area contributed by atoms with Gasteiger partial charge < -0.3 is 16.0 Å². The third-order valence-corrected chi connectivity index (χ3v) is 5.57. The van der Waals surface area contributed by atoms with Crippen LogP contribution in [0.3, 0.4) is 0 Å². The monoisotopic (exact) mass is 365 g/mol. The first kappa shape index (κ1) is 17.0. The fourth-order valence-corrected chi connectivity index (χ4v) is 4.12. The van der Waals surface area contributed by atoms with Crippen molar-refractivity contribution in [3.8, 4) is 0 Å². The molecule has 4 aromatic rings. The van der Waals surface area contributed by atoms with Crippen molar-refractivity contribution in [3.63, 3.8) is 0 Å². The summed E-state index contributed by atoms with van der Waals surface area (Å²) in [5.41, 5.74) is 16.2. The van der Waals surface area contributed by atoms with Crippen LogP contribution in [0, 0.1) is 0 Å². The van der Waals surface area contributed by atoms with Crippen LogP contribution in [0.15, 0.2) is 35.7 Å². The van der Waals surface area contributed by atoms with Gasteiger partial charge in [0.15, 0.2) is 5.82 Å². The number of pyridine rings is 1. The van der Waals surface area contributed by atoms with E-state index in [1.807, 2.05) is 0 Å². The summed E-state index contributed by atoms with van der Waals surface area (Å²) in [6.45, 7) is 3.54. The summed E-state index contributed by atoms with van der Waals surface area (Å²) >= 11 is 1.62. The number of aromatic nitrogens is 3. The minimum Gasteiger partial charge on any atom is -0.382 e. The first-order valence-corrected chi connectivity index (χ1v) is 9.89. The van der Waals surface area contributed by atoms with E-state index in [1.54, 1.807) is 11.3 Å². The molecule has 3 heterocycles. The molecule has 0 bridgehead atoms. The normalized spacial score (nSPS) is 11.6. The molecule has 0 saturated carbocycles. The number of fused-ring (bicyclic) bond motifs is 3. The third-order valence-electron chi connectivity index (χ3n) is 4.76. The molecule has 26 heavy (non-hydrogen) atoms. The number of hydrogen-bond donors (Lipinski definition) is 2. The molecule has 134 valence electrons. The molecule has 5 nitrogen and oxygen atoms in total. The van der Waals surface area contributed by atoms with E-state index in [0.717, 1.165) is 58.4 Å². The van der Waals surface area contributed by atoms with Crippen LogP contribution in [-0.4, -0.2) is 14.5 Å². The number of thiophene rings is 1.